The second-order valence-corrected chi connectivity index (χ2v) is 9.28. The van der Waals surface area contributed by atoms with Crippen molar-refractivity contribution in [3.05, 3.63) is 84.6 Å². The number of nitrogens with zero attached hydrogens (tertiary/aromatic N) is 1. The van der Waals surface area contributed by atoms with E-state index in [1.54, 1.807) is 42.1 Å². The topological polar surface area (TPSA) is 88.2 Å². The van der Waals surface area contributed by atoms with Crippen LogP contribution in [0.5, 0.6) is 0 Å². The van der Waals surface area contributed by atoms with Crippen LogP contribution in [0.1, 0.15) is 12.5 Å². The summed E-state index contributed by atoms with van der Waals surface area (Å²) in [5, 5.41) is 2.57. The molecular formula is C21H21N3O3S2. The standard InChI is InChI=1S/C21H21N3O3S2/c1-16(28-15-17-7-3-2-4-8-17)21(25)23-18-10-12-19(13-11-18)29(26,27)24-20-9-5-6-14-22-20/h2-14,16H,15H2,1H3,(H,22,24)(H,23,25)/t16-/m0/s1. The van der Waals surface area contributed by atoms with Crippen molar-refractivity contribution in [2.24, 2.45) is 0 Å². The summed E-state index contributed by atoms with van der Waals surface area (Å²) < 4.78 is 27.3. The van der Waals surface area contributed by atoms with Crippen molar-refractivity contribution < 1.29 is 13.2 Å². The van der Waals surface area contributed by atoms with Gasteiger partial charge < -0.3 is 5.32 Å². The summed E-state index contributed by atoms with van der Waals surface area (Å²) in [6, 6.07) is 20.9. The van der Waals surface area contributed by atoms with Crippen LogP contribution in [-0.4, -0.2) is 24.6 Å². The average Bonchev–Trinajstić information content (AvgIpc) is 2.73. The van der Waals surface area contributed by atoms with Gasteiger partial charge in [-0.15, -0.1) is 11.8 Å². The first-order valence-corrected chi connectivity index (χ1v) is 11.5. The van der Waals surface area contributed by atoms with Crippen LogP contribution >= 0.6 is 11.8 Å². The Kier molecular flexibility index (Phi) is 6.90. The van der Waals surface area contributed by atoms with Crippen molar-refractivity contribution in [2.45, 2.75) is 22.8 Å². The number of pyridine rings is 1. The normalized spacial score (nSPS) is 12.2. The Morgan fingerprint density at radius 1 is 1.00 bits per heavy atom. The van der Waals surface area contributed by atoms with Gasteiger partial charge in [0.2, 0.25) is 5.91 Å². The average molecular weight is 428 g/mol. The molecule has 0 bridgehead atoms. The highest BCUT2D eigenvalue weighted by Gasteiger charge is 2.16. The molecule has 29 heavy (non-hydrogen) atoms. The lowest BCUT2D eigenvalue weighted by atomic mass is 10.2. The number of thioether (sulfide) groups is 1. The third-order valence-electron chi connectivity index (χ3n) is 4.05. The number of amides is 1. The lowest BCUT2D eigenvalue weighted by Gasteiger charge is -2.13. The lowest BCUT2D eigenvalue weighted by Crippen LogP contribution is -2.22. The van der Waals surface area contributed by atoms with Gasteiger partial charge in [0, 0.05) is 17.6 Å². The van der Waals surface area contributed by atoms with E-state index in [4.69, 9.17) is 0 Å². The minimum Gasteiger partial charge on any atom is -0.325 e. The van der Waals surface area contributed by atoms with Crippen molar-refractivity contribution in [3.8, 4) is 0 Å². The van der Waals surface area contributed by atoms with E-state index in [0.29, 0.717) is 5.69 Å². The summed E-state index contributed by atoms with van der Waals surface area (Å²) in [6.07, 6.45) is 1.51. The molecule has 1 aromatic heterocycles. The second-order valence-electron chi connectivity index (χ2n) is 6.27. The predicted octanol–water partition coefficient (Wildman–Crippen LogP) is 4.14. The van der Waals surface area contributed by atoms with Gasteiger partial charge in [-0.3, -0.25) is 9.52 Å². The number of benzene rings is 2. The number of aromatic nitrogens is 1. The van der Waals surface area contributed by atoms with Gasteiger partial charge in [-0.05, 0) is 48.9 Å². The van der Waals surface area contributed by atoms with Crippen LogP contribution in [-0.2, 0) is 20.6 Å². The number of nitrogens with one attached hydrogen (secondary N) is 2. The van der Waals surface area contributed by atoms with E-state index in [1.807, 2.05) is 37.3 Å². The first-order chi connectivity index (χ1) is 13.9. The van der Waals surface area contributed by atoms with E-state index >= 15 is 0 Å². The second kappa shape index (κ2) is 9.58. The molecule has 6 nitrogen and oxygen atoms in total. The van der Waals surface area contributed by atoms with Gasteiger partial charge in [0.25, 0.3) is 10.0 Å². The lowest BCUT2D eigenvalue weighted by molar-refractivity contribution is -0.115. The molecule has 0 spiro atoms. The Bertz CT molecular complexity index is 1040. The smallest absolute Gasteiger partial charge is 0.263 e. The van der Waals surface area contributed by atoms with Gasteiger partial charge in [0.15, 0.2) is 0 Å². The maximum Gasteiger partial charge on any atom is 0.263 e. The molecule has 0 saturated heterocycles. The summed E-state index contributed by atoms with van der Waals surface area (Å²) in [5.74, 6) is 0.855. The van der Waals surface area contributed by atoms with E-state index in [-0.39, 0.29) is 21.9 Å². The molecule has 0 aliphatic carbocycles. The van der Waals surface area contributed by atoms with Crippen molar-refractivity contribution in [2.75, 3.05) is 10.0 Å². The monoisotopic (exact) mass is 427 g/mol. The summed E-state index contributed by atoms with van der Waals surface area (Å²) in [4.78, 5) is 16.4. The van der Waals surface area contributed by atoms with E-state index in [0.717, 1.165) is 11.3 Å². The first-order valence-electron chi connectivity index (χ1n) is 8.94. The molecule has 0 fully saturated rings. The third-order valence-corrected chi connectivity index (χ3v) is 6.63. The molecule has 1 atom stereocenters. The number of anilines is 2. The van der Waals surface area contributed by atoms with Crippen LogP contribution in [0.2, 0.25) is 0 Å². The minimum absolute atomic E-state index is 0.0904. The van der Waals surface area contributed by atoms with Crippen LogP contribution in [0, 0.1) is 0 Å². The highest BCUT2D eigenvalue weighted by molar-refractivity contribution is 7.99. The van der Waals surface area contributed by atoms with Gasteiger partial charge in [-0.2, -0.15) is 0 Å². The number of hydrogen-bond donors (Lipinski definition) is 2. The zero-order valence-corrected chi connectivity index (χ0v) is 17.4. The van der Waals surface area contributed by atoms with E-state index in [1.165, 1.54) is 18.3 Å². The first kappa shape index (κ1) is 20.9. The molecule has 3 aromatic rings. The Labute approximate surface area is 174 Å². The van der Waals surface area contributed by atoms with Crippen molar-refractivity contribution >= 4 is 39.2 Å². The fraction of sp³-hybridized carbons (Fsp3) is 0.143. The maximum absolute atomic E-state index is 12.4. The Balaban J connectivity index is 1.57. The minimum atomic E-state index is -3.74. The van der Waals surface area contributed by atoms with Crippen LogP contribution in [0.15, 0.2) is 83.9 Å². The number of rotatable bonds is 8. The predicted molar refractivity (Wildman–Crippen MR) is 117 cm³/mol. The van der Waals surface area contributed by atoms with Crippen LogP contribution in [0.3, 0.4) is 0 Å². The summed E-state index contributed by atoms with van der Waals surface area (Å²) >= 11 is 1.54. The molecule has 2 N–H and O–H groups in total. The van der Waals surface area contributed by atoms with Gasteiger partial charge in [0.05, 0.1) is 10.1 Å². The molecule has 0 saturated carbocycles. The zero-order valence-electron chi connectivity index (χ0n) is 15.8. The highest BCUT2D eigenvalue weighted by atomic mass is 32.2. The van der Waals surface area contributed by atoms with Gasteiger partial charge in [-0.25, -0.2) is 13.4 Å². The Morgan fingerprint density at radius 3 is 2.34 bits per heavy atom. The summed E-state index contributed by atoms with van der Waals surface area (Å²) in [6.45, 7) is 1.85. The number of sulfonamides is 1. The van der Waals surface area contributed by atoms with E-state index < -0.39 is 10.0 Å². The molecule has 2 aromatic carbocycles. The van der Waals surface area contributed by atoms with Crippen LogP contribution < -0.4 is 10.0 Å². The fourth-order valence-electron chi connectivity index (χ4n) is 2.45. The largest absolute Gasteiger partial charge is 0.325 e. The SMILES string of the molecule is C[C@H](SCc1ccccc1)C(=O)Nc1ccc(S(=O)(=O)Nc2ccccn2)cc1. The van der Waals surface area contributed by atoms with Crippen LogP contribution in [0.4, 0.5) is 11.5 Å². The molecular weight excluding hydrogens is 406 g/mol. The number of carbonyl (C=O) groups is 1. The summed E-state index contributed by atoms with van der Waals surface area (Å²) in [7, 11) is -3.74. The van der Waals surface area contributed by atoms with Crippen LogP contribution in [0.25, 0.3) is 0 Å². The molecule has 0 aliphatic heterocycles. The van der Waals surface area contributed by atoms with Crippen molar-refractivity contribution in [1.82, 2.24) is 4.98 Å². The molecule has 0 radical (unpaired) electrons. The van der Waals surface area contributed by atoms with Gasteiger partial charge in [0.1, 0.15) is 5.82 Å². The molecule has 1 heterocycles. The molecule has 1 amide bonds. The summed E-state index contributed by atoms with van der Waals surface area (Å²) in [5.41, 5.74) is 1.70. The van der Waals surface area contributed by atoms with Gasteiger partial charge in [-0.1, -0.05) is 36.4 Å². The number of carbonyl (C=O) groups excluding carboxylic acids is 1. The highest BCUT2D eigenvalue weighted by Crippen LogP contribution is 2.21. The maximum atomic E-state index is 12.4. The molecule has 3 rings (SSSR count). The quantitative estimate of drug-likeness (QED) is 0.564. The fourth-order valence-corrected chi connectivity index (χ4v) is 4.31. The molecule has 0 unspecified atom stereocenters. The Morgan fingerprint density at radius 2 is 1.69 bits per heavy atom. The zero-order chi connectivity index (χ0) is 20.7. The van der Waals surface area contributed by atoms with E-state index in [2.05, 4.69) is 15.0 Å². The van der Waals surface area contributed by atoms with Crippen molar-refractivity contribution in [3.63, 3.8) is 0 Å². The number of hydrogen-bond acceptors (Lipinski definition) is 5. The van der Waals surface area contributed by atoms with E-state index in [9.17, 15) is 13.2 Å². The van der Waals surface area contributed by atoms with Gasteiger partial charge >= 0.3 is 0 Å². The third kappa shape index (κ3) is 6.07. The Hall–Kier alpha value is -2.84. The molecule has 150 valence electrons. The van der Waals surface area contributed by atoms with Crippen molar-refractivity contribution in [1.29, 1.82) is 0 Å². The molecule has 8 heteroatoms. The molecule has 0 aliphatic rings.